The largest absolute Gasteiger partial charge is 0.362 e. The van der Waals surface area contributed by atoms with Crippen LogP contribution < -0.4 is 10.6 Å². The number of anilines is 1. The number of hydrogen-bond acceptors (Lipinski definition) is 3. The highest BCUT2D eigenvalue weighted by Crippen LogP contribution is 2.38. The summed E-state index contributed by atoms with van der Waals surface area (Å²) in [6, 6.07) is 8.93. The number of nitrogens with two attached hydrogens (primary N) is 1. The van der Waals surface area contributed by atoms with Gasteiger partial charge in [-0.25, -0.2) is 4.39 Å². The molecule has 19 heavy (non-hydrogen) atoms. The lowest BCUT2D eigenvalue weighted by Crippen LogP contribution is -2.31. The lowest BCUT2D eigenvalue weighted by molar-refractivity contribution is 0.623. The van der Waals surface area contributed by atoms with Crippen molar-refractivity contribution >= 4 is 28.6 Å². The smallest absolute Gasteiger partial charge is 0.125 e. The number of halogens is 2. The molecule has 100 valence electrons. The van der Waals surface area contributed by atoms with E-state index in [9.17, 15) is 4.39 Å². The van der Waals surface area contributed by atoms with Crippen LogP contribution in [-0.2, 0) is 6.42 Å². The normalized spacial score (nSPS) is 15.6. The van der Waals surface area contributed by atoms with Crippen molar-refractivity contribution in [2.75, 3.05) is 18.0 Å². The van der Waals surface area contributed by atoms with Gasteiger partial charge in [-0.1, -0.05) is 17.7 Å². The van der Waals surface area contributed by atoms with Crippen LogP contribution in [0.1, 0.15) is 16.5 Å². The van der Waals surface area contributed by atoms with E-state index in [0.717, 1.165) is 27.9 Å². The van der Waals surface area contributed by atoms with E-state index in [1.54, 1.807) is 6.07 Å². The first-order valence-corrected chi connectivity index (χ1v) is 7.39. The molecule has 2 heterocycles. The fraction of sp³-hybridized carbons (Fsp3) is 0.286. The number of fused-ring (bicyclic) bond motifs is 1. The topological polar surface area (TPSA) is 29.3 Å². The van der Waals surface area contributed by atoms with Crippen molar-refractivity contribution in [3.63, 3.8) is 0 Å². The van der Waals surface area contributed by atoms with E-state index in [0.29, 0.717) is 6.54 Å². The molecule has 2 N–H and O–H groups in total. The molecule has 0 amide bonds. The summed E-state index contributed by atoms with van der Waals surface area (Å²) < 4.78 is 14.2. The average molecular weight is 297 g/mol. The fourth-order valence-electron chi connectivity index (χ4n) is 2.61. The highest BCUT2D eigenvalue weighted by molar-refractivity contribution is 7.16. The molecule has 0 bridgehead atoms. The average Bonchev–Trinajstić information content (AvgIpc) is 2.98. The van der Waals surface area contributed by atoms with Gasteiger partial charge in [-0.05, 0) is 36.2 Å². The Morgan fingerprint density at radius 1 is 1.37 bits per heavy atom. The van der Waals surface area contributed by atoms with Crippen LogP contribution in [0.3, 0.4) is 0 Å². The molecule has 0 radical (unpaired) electrons. The van der Waals surface area contributed by atoms with Crippen LogP contribution in [0.2, 0.25) is 4.34 Å². The molecule has 2 aromatic rings. The van der Waals surface area contributed by atoms with Gasteiger partial charge in [-0.2, -0.15) is 0 Å². The van der Waals surface area contributed by atoms with E-state index in [1.807, 2.05) is 18.2 Å². The Balaban J connectivity index is 1.97. The fourth-order valence-corrected chi connectivity index (χ4v) is 3.79. The first kappa shape index (κ1) is 12.9. The van der Waals surface area contributed by atoms with Crippen LogP contribution in [0.15, 0.2) is 30.3 Å². The predicted molar refractivity (Wildman–Crippen MR) is 78.6 cm³/mol. The van der Waals surface area contributed by atoms with Gasteiger partial charge >= 0.3 is 0 Å². The molecule has 1 aromatic heterocycles. The van der Waals surface area contributed by atoms with Crippen molar-refractivity contribution in [3.05, 3.63) is 50.9 Å². The van der Waals surface area contributed by atoms with Crippen LogP contribution >= 0.6 is 22.9 Å². The first-order chi connectivity index (χ1) is 9.19. The Kier molecular flexibility index (Phi) is 3.48. The molecule has 1 unspecified atom stereocenters. The Morgan fingerprint density at radius 3 is 2.89 bits per heavy atom. The van der Waals surface area contributed by atoms with Gasteiger partial charge in [-0.15, -0.1) is 11.3 Å². The SMILES string of the molecule is NCC(c1ccc(Cl)s1)N1CCc2ccc(F)cc21. The lowest BCUT2D eigenvalue weighted by atomic mass is 10.1. The van der Waals surface area contributed by atoms with Crippen molar-refractivity contribution in [2.24, 2.45) is 5.73 Å². The van der Waals surface area contributed by atoms with E-state index < -0.39 is 0 Å². The molecule has 0 fully saturated rings. The van der Waals surface area contributed by atoms with Gasteiger partial charge in [0, 0.05) is 23.7 Å². The number of rotatable bonds is 3. The molecule has 1 aliphatic heterocycles. The van der Waals surface area contributed by atoms with Crippen molar-refractivity contribution in [2.45, 2.75) is 12.5 Å². The van der Waals surface area contributed by atoms with Gasteiger partial charge in [0.05, 0.1) is 10.4 Å². The Hall–Kier alpha value is -1.10. The molecule has 0 saturated carbocycles. The maximum Gasteiger partial charge on any atom is 0.125 e. The van der Waals surface area contributed by atoms with E-state index in [1.165, 1.54) is 23.0 Å². The van der Waals surface area contributed by atoms with Gasteiger partial charge in [0.15, 0.2) is 0 Å². The molecular weight excluding hydrogens is 283 g/mol. The Bertz CT molecular complexity index is 599. The van der Waals surface area contributed by atoms with Gasteiger partial charge in [0.1, 0.15) is 5.82 Å². The van der Waals surface area contributed by atoms with Gasteiger partial charge < -0.3 is 10.6 Å². The second-order valence-electron chi connectivity index (χ2n) is 4.61. The summed E-state index contributed by atoms with van der Waals surface area (Å²) in [5.41, 5.74) is 8.06. The third kappa shape index (κ3) is 2.36. The summed E-state index contributed by atoms with van der Waals surface area (Å²) in [5, 5.41) is 0. The lowest BCUT2D eigenvalue weighted by Gasteiger charge is -2.28. The number of thiophene rings is 1. The minimum atomic E-state index is -0.203. The summed E-state index contributed by atoms with van der Waals surface area (Å²) in [5.74, 6) is -0.203. The van der Waals surface area contributed by atoms with Crippen LogP contribution in [0.25, 0.3) is 0 Å². The van der Waals surface area contributed by atoms with Gasteiger partial charge in [0.25, 0.3) is 0 Å². The van der Waals surface area contributed by atoms with Crippen LogP contribution in [0, 0.1) is 5.82 Å². The van der Waals surface area contributed by atoms with Crippen molar-refractivity contribution in [1.82, 2.24) is 0 Å². The molecule has 1 aromatic carbocycles. The minimum Gasteiger partial charge on any atom is -0.362 e. The monoisotopic (exact) mass is 296 g/mol. The van der Waals surface area contributed by atoms with Gasteiger partial charge in [-0.3, -0.25) is 0 Å². The van der Waals surface area contributed by atoms with Crippen LogP contribution in [0.5, 0.6) is 0 Å². The van der Waals surface area contributed by atoms with E-state index in [2.05, 4.69) is 4.90 Å². The highest BCUT2D eigenvalue weighted by Gasteiger charge is 2.27. The van der Waals surface area contributed by atoms with Crippen LogP contribution in [-0.4, -0.2) is 13.1 Å². The maximum absolute atomic E-state index is 13.4. The van der Waals surface area contributed by atoms with Crippen molar-refractivity contribution < 1.29 is 4.39 Å². The molecule has 5 heteroatoms. The quantitative estimate of drug-likeness (QED) is 0.937. The maximum atomic E-state index is 13.4. The number of hydrogen-bond donors (Lipinski definition) is 1. The van der Waals surface area contributed by atoms with E-state index >= 15 is 0 Å². The summed E-state index contributed by atoms with van der Waals surface area (Å²) in [7, 11) is 0. The number of benzene rings is 1. The number of nitrogens with zero attached hydrogens (tertiary/aromatic N) is 1. The van der Waals surface area contributed by atoms with Crippen molar-refractivity contribution in [3.8, 4) is 0 Å². The standard InChI is InChI=1S/C14H14ClFN2S/c15-14-4-3-13(19-14)12(8-17)18-6-5-9-1-2-10(16)7-11(9)18/h1-4,7,12H,5-6,8,17H2. The van der Waals surface area contributed by atoms with Gasteiger partial charge in [0.2, 0.25) is 0 Å². The molecule has 3 rings (SSSR count). The molecule has 1 aliphatic rings. The Morgan fingerprint density at radius 2 is 2.21 bits per heavy atom. The van der Waals surface area contributed by atoms with E-state index in [-0.39, 0.29) is 11.9 Å². The first-order valence-electron chi connectivity index (χ1n) is 6.19. The second-order valence-corrected chi connectivity index (χ2v) is 6.36. The zero-order chi connectivity index (χ0) is 13.4. The summed E-state index contributed by atoms with van der Waals surface area (Å²) in [4.78, 5) is 3.31. The minimum absolute atomic E-state index is 0.0700. The summed E-state index contributed by atoms with van der Waals surface area (Å²) in [6.07, 6.45) is 0.936. The van der Waals surface area contributed by atoms with Crippen LogP contribution in [0.4, 0.5) is 10.1 Å². The predicted octanol–water partition coefficient (Wildman–Crippen LogP) is 3.60. The second kappa shape index (κ2) is 5.12. The molecule has 0 spiro atoms. The Labute approximate surface area is 120 Å². The zero-order valence-corrected chi connectivity index (χ0v) is 11.8. The zero-order valence-electron chi connectivity index (χ0n) is 10.3. The third-order valence-electron chi connectivity index (χ3n) is 3.50. The summed E-state index contributed by atoms with van der Waals surface area (Å²) >= 11 is 7.53. The van der Waals surface area contributed by atoms with Crippen molar-refractivity contribution in [1.29, 1.82) is 0 Å². The molecule has 1 atom stereocenters. The highest BCUT2D eigenvalue weighted by atomic mass is 35.5. The molecule has 0 saturated heterocycles. The molecular formula is C14H14ClFN2S. The van der Waals surface area contributed by atoms with E-state index in [4.69, 9.17) is 17.3 Å². The molecule has 0 aliphatic carbocycles. The molecule has 2 nitrogen and oxygen atoms in total. The summed E-state index contributed by atoms with van der Waals surface area (Å²) in [6.45, 7) is 1.36. The third-order valence-corrected chi connectivity index (χ3v) is 4.83.